The molecule has 0 aromatic carbocycles. The van der Waals surface area contributed by atoms with Crippen molar-refractivity contribution in [3.05, 3.63) is 23.5 Å². The summed E-state index contributed by atoms with van der Waals surface area (Å²) in [5.74, 6) is -0.0182. The molecule has 28 heavy (non-hydrogen) atoms. The van der Waals surface area contributed by atoms with Gasteiger partial charge in [-0.1, -0.05) is 12.5 Å². The Morgan fingerprint density at radius 2 is 2.00 bits per heavy atom. The molecule has 0 radical (unpaired) electrons. The average molecular weight is 390 g/mol. The monoisotopic (exact) mass is 390 g/mol. The lowest BCUT2D eigenvalue weighted by Crippen LogP contribution is -2.62. The van der Waals surface area contributed by atoms with Crippen molar-refractivity contribution in [2.24, 2.45) is 28.6 Å². The lowest BCUT2D eigenvalue weighted by molar-refractivity contribution is -0.181. The van der Waals surface area contributed by atoms with Crippen LogP contribution in [0.3, 0.4) is 0 Å². The van der Waals surface area contributed by atoms with Crippen molar-refractivity contribution in [3.63, 3.8) is 0 Å². The number of carbonyl (C=O) groups excluding carboxylic acids is 2. The number of aliphatic hydroxyl groups excluding tert-OH is 2. The summed E-state index contributed by atoms with van der Waals surface area (Å²) in [4.78, 5) is 24.5. The first kappa shape index (κ1) is 19.8. The zero-order valence-corrected chi connectivity index (χ0v) is 16.8. The van der Waals surface area contributed by atoms with Crippen LogP contribution in [0.5, 0.6) is 0 Å². The molecule has 0 spiro atoms. The minimum Gasteiger partial charge on any atom is -0.500 e. The normalized spacial score (nSPS) is 47.4. The minimum absolute atomic E-state index is 0.0653. The first-order chi connectivity index (χ1) is 13.1. The topological polar surface area (TPSA) is 104 Å². The number of carbonyl (C=O) groups is 2. The Bertz CT molecular complexity index is 766. The molecule has 0 unspecified atom stereocenters. The number of fused-ring (bicyclic) bond motifs is 5. The molecule has 0 bridgehead atoms. The highest BCUT2D eigenvalue weighted by Crippen LogP contribution is 2.68. The fourth-order valence-corrected chi connectivity index (χ4v) is 7.27. The van der Waals surface area contributed by atoms with Gasteiger partial charge in [0.15, 0.2) is 11.6 Å². The van der Waals surface area contributed by atoms with E-state index in [9.17, 15) is 24.9 Å². The van der Waals surface area contributed by atoms with Crippen LogP contribution in [-0.2, 0) is 14.3 Å². The second kappa shape index (κ2) is 6.25. The van der Waals surface area contributed by atoms with E-state index >= 15 is 0 Å². The number of allylic oxidation sites excluding steroid dienone is 3. The molecule has 3 N–H and O–H groups in total. The van der Waals surface area contributed by atoms with Gasteiger partial charge < -0.3 is 20.1 Å². The van der Waals surface area contributed by atoms with E-state index in [0.29, 0.717) is 18.6 Å². The molecule has 4 aliphatic carbocycles. The van der Waals surface area contributed by atoms with Crippen LogP contribution in [0.1, 0.15) is 46.0 Å². The second-order valence-electron chi connectivity index (χ2n) is 9.49. The summed E-state index contributed by atoms with van der Waals surface area (Å²) in [6.45, 7) is 3.25. The number of rotatable bonds is 3. The molecule has 154 valence electrons. The molecule has 0 amide bonds. The molecule has 4 rings (SSSR count). The van der Waals surface area contributed by atoms with Gasteiger partial charge in [-0.15, -0.1) is 0 Å². The van der Waals surface area contributed by atoms with Crippen LogP contribution in [0.2, 0.25) is 0 Å². The van der Waals surface area contributed by atoms with E-state index in [0.717, 1.165) is 18.4 Å². The third-order valence-electron chi connectivity index (χ3n) is 8.61. The van der Waals surface area contributed by atoms with E-state index in [1.54, 1.807) is 13.2 Å². The standard InChI is InChI=1S/C22H30O6/c1-20-10-16(25)19-14(15(20)6-7-22(20,27)17(26)11-23)5-4-12-8-13(24)9-18(28-3)21(12,19)2/h8-9,14-16,19,23,25,27H,4-7,10-11H2,1-3H3/t14-,15-,16-,19+,20-,21+,22-/m0/s1. The first-order valence-electron chi connectivity index (χ1n) is 10.2. The Labute approximate surface area is 165 Å². The van der Waals surface area contributed by atoms with E-state index < -0.39 is 34.9 Å². The van der Waals surface area contributed by atoms with Gasteiger partial charge in [0, 0.05) is 17.4 Å². The first-order valence-corrected chi connectivity index (χ1v) is 10.2. The predicted octanol–water partition coefficient (Wildman–Crippen LogP) is 1.53. The molecule has 6 heteroatoms. The van der Waals surface area contributed by atoms with E-state index in [1.165, 1.54) is 6.08 Å². The van der Waals surface area contributed by atoms with Crippen molar-refractivity contribution in [2.45, 2.75) is 57.7 Å². The van der Waals surface area contributed by atoms with Gasteiger partial charge in [0.05, 0.1) is 18.6 Å². The Morgan fingerprint density at radius 1 is 1.29 bits per heavy atom. The van der Waals surface area contributed by atoms with Crippen molar-refractivity contribution in [1.82, 2.24) is 0 Å². The molecule has 0 heterocycles. The maximum atomic E-state index is 12.4. The third kappa shape index (κ3) is 2.25. The lowest BCUT2D eigenvalue weighted by atomic mass is 9.46. The van der Waals surface area contributed by atoms with Gasteiger partial charge in [-0.05, 0) is 56.9 Å². The fraction of sp³-hybridized carbons (Fsp3) is 0.727. The summed E-state index contributed by atoms with van der Waals surface area (Å²) >= 11 is 0. The van der Waals surface area contributed by atoms with Gasteiger partial charge >= 0.3 is 0 Å². The zero-order valence-electron chi connectivity index (χ0n) is 16.8. The molecule has 6 nitrogen and oxygen atoms in total. The van der Waals surface area contributed by atoms with Gasteiger partial charge in [0.25, 0.3) is 0 Å². The maximum absolute atomic E-state index is 12.4. The van der Waals surface area contributed by atoms with Crippen molar-refractivity contribution < 1.29 is 29.6 Å². The molecule has 4 aliphatic rings. The van der Waals surface area contributed by atoms with Crippen molar-refractivity contribution in [1.29, 1.82) is 0 Å². The predicted molar refractivity (Wildman–Crippen MR) is 101 cm³/mol. The van der Waals surface area contributed by atoms with Gasteiger partial charge in [-0.3, -0.25) is 9.59 Å². The quantitative estimate of drug-likeness (QED) is 0.675. The Hall–Kier alpha value is -1.50. The highest BCUT2D eigenvalue weighted by Gasteiger charge is 2.68. The molecule has 3 saturated carbocycles. The van der Waals surface area contributed by atoms with Gasteiger partial charge in [-0.2, -0.15) is 0 Å². The largest absolute Gasteiger partial charge is 0.500 e. The number of Topliss-reactive ketones (excluding diaryl/α,β-unsaturated/α-hetero) is 1. The number of hydrogen-bond donors (Lipinski definition) is 3. The van der Waals surface area contributed by atoms with Crippen LogP contribution in [0.15, 0.2) is 23.5 Å². The van der Waals surface area contributed by atoms with Gasteiger partial charge in [0.2, 0.25) is 0 Å². The maximum Gasteiger partial charge on any atom is 0.190 e. The van der Waals surface area contributed by atoms with Gasteiger partial charge in [0.1, 0.15) is 18.0 Å². The molecular formula is C22H30O6. The van der Waals surface area contributed by atoms with Crippen LogP contribution < -0.4 is 0 Å². The van der Waals surface area contributed by atoms with Crippen LogP contribution in [0.4, 0.5) is 0 Å². The summed E-state index contributed by atoms with van der Waals surface area (Å²) in [5.41, 5.74) is -1.93. The molecule has 0 saturated heterocycles. The molecule has 0 aliphatic heterocycles. The van der Waals surface area contributed by atoms with Gasteiger partial charge in [-0.25, -0.2) is 0 Å². The van der Waals surface area contributed by atoms with Crippen LogP contribution >= 0.6 is 0 Å². The molecular weight excluding hydrogens is 360 g/mol. The SMILES string of the molecule is COC1=CC(=O)C=C2CC[C@@H]3[C@H]([C@@H](O)C[C@@]4(C)[C@H]3CC[C@]4(O)C(=O)CO)[C@]21C. The fourth-order valence-electron chi connectivity index (χ4n) is 7.27. The van der Waals surface area contributed by atoms with E-state index in [-0.39, 0.29) is 30.0 Å². The smallest absolute Gasteiger partial charge is 0.190 e. The number of ketones is 2. The highest BCUT2D eigenvalue weighted by atomic mass is 16.5. The van der Waals surface area contributed by atoms with Crippen molar-refractivity contribution in [2.75, 3.05) is 13.7 Å². The number of ether oxygens (including phenoxy) is 1. The number of hydrogen-bond acceptors (Lipinski definition) is 6. The molecule has 0 aromatic rings. The van der Waals surface area contributed by atoms with E-state index in [4.69, 9.17) is 4.74 Å². The summed E-state index contributed by atoms with van der Waals surface area (Å²) in [6, 6.07) is 0. The summed E-state index contributed by atoms with van der Waals surface area (Å²) in [5, 5.41) is 32.0. The van der Waals surface area contributed by atoms with E-state index in [1.807, 2.05) is 13.8 Å². The Kier molecular flexibility index (Phi) is 4.42. The lowest BCUT2D eigenvalue weighted by Gasteiger charge is -2.60. The second-order valence-corrected chi connectivity index (χ2v) is 9.49. The summed E-state index contributed by atoms with van der Waals surface area (Å²) in [7, 11) is 1.56. The summed E-state index contributed by atoms with van der Waals surface area (Å²) in [6.07, 6.45) is 5.28. The Balaban J connectivity index is 1.78. The van der Waals surface area contributed by atoms with E-state index in [2.05, 4.69) is 0 Å². The third-order valence-corrected chi connectivity index (χ3v) is 8.61. The molecule has 0 aromatic heterocycles. The number of aliphatic hydroxyl groups is 3. The molecule has 7 atom stereocenters. The Morgan fingerprint density at radius 3 is 2.64 bits per heavy atom. The molecule has 3 fully saturated rings. The van der Waals surface area contributed by atoms with Crippen molar-refractivity contribution >= 4 is 11.6 Å². The minimum atomic E-state index is -1.60. The number of methoxy groups -OCH3 is 1. The summed E-state index contributed by atoms with van der Waals surface area (Å²) < 4.78 is 5.62. The van der Waals surface area contributed by atoms with Crippen LogP contribution in [0, 0.1) is 28.6 Å². The average Bonchev–Trinajstić information content (AvgIpc) is 2.92. The highest BCUT2D eigenvalue weighted by molar-refractivity contribution is 6.01. The van der Waals surface area contributed by atoms with Crippen molar-refractivity contribution in [3.8, 4) is 0 Å². The zero-order chi connectivity index (χ0) is 20.5. The van der Waals surface area contributed by atoms with Crippen LogP contribution in [0.25, 0.3) is 0 Å². The van der Waals surface area contributed by atoms with Crippen LogP contribution in [-0.4, -0.2) is 52.3 Å².